The van der Waals surface area contributed by atoms with Crippen molar-refractivity contribution in [2.24, 2.45) is 0 Å². The third kappa shape index (κ3) is 3.35. The van der Waals surface area contributed by atoms with E-state index in [-0.39, 0.29) is 36.1 Å². The molecule has 144 valence electrons. The van der Waals surface area contributed by atoms with Crippen LogP contribution in [0.15, 0.2) is 42.6 Å². The van der Waals surface area contributed by atoms with E-state index in [1.54, 1.807) is 17.0 Å². The van der Waals surface area contributed by atoms with Gasteiger partial charge in [0.25, 0.3) is 17.7 Å². The van der Waals surface area contributed by atoms with E-state index in [4.69, 9.17) is 4.74 Å². The molecule has 0 radical (unpaired) electrons. The summed E-state index contributed by atoms with van der Waals surface area (Å²) in [5, 5.41) is 0. The third-order valence-electron chi connectivity index (χ3n) is 5.24. The molecule has 1 aromatic carbocycles. The molecule has 0 saturated carbocycles. The molecule has 1 saturated heterocycles. The van der Waals surface area contributed by atoms with Gasteiger partial charge in [-0.15, -0.1) is 0 Å². The molecule has 0 spiro atoms. The van der Waals surface area contributed by atoms with Crippen molar-refractivity contribution in [1.29, 1.82) is 0 Å². The first kappa shape index (κ1) is 18.2. The first-order valence-electron chi connectivity index (χ1n) is 9.35. The zero-order valence-corrected chi connectivity index (χ0v) is 15.6. The second-order valence-corrected chi connectivity index (χ2v) is 7.09. The lowest BCUT2D eigenvalue weighted by Gasteiger charge is -2.35. The van der Waals surface area contributed by atoms with Gasteiger partial charge in [-0.3, -0.25) is 24.3 Å². The van der Waals surface area contributed by atoms with Gasteiger partial charge in [0.2, 0.25) is 0 Å². The Kier molecular flexibility index (Phi) is 4.81. The topological polar surface area (TPSA) is 79.8 Å². The fraction of sp³-hybridized carbons (Fsp3) is 0.333. The molecular weight excluding hydrogens is 358 g/mol. The predicted octanol–water partition coefficient (Wildman–Crippen LogP) is 2.06. The molecule has 0 atom stereocenters. The number of pyridine rings is 1. The van der Waals surface area contributed by atoms with Crippen LogP contribution in [0.3, 0.4) is 0 Å². The number of aromatic nitrogens is 1. The van der Waals surface area contributed by atoms with Crippen LogP contribution in [0.1, 0.15) is 39.3 Å². The van der Waals surface area contributed by atoms with Crippen LogP contribution in [0.4, 0.5) is 0 Å². The smallest absolute Gasteiger partial charge is 0.280 e. The maximum atomic E-state index is 12.6. The van der Waals surface area contributed by atoms with E-state index < -0.39 is 0 Å². The molecule has 2 aromatic rings. The number of hydrogen-bond donors (Lipinski definition) is 0. The highest BCUT2D eigenvalue weighted by molar-refractivity contribution is 6.20. The molecule has 1 aromatic heterocycles. The number of aryl methyl sites for hydroxylation is 1. The van der Waals surface area contributed by atoms with Gasteiger partial charge in [0.1, 0.15) is 11.4 Å². The first-order valence-corrected chi connectivity index (χ1v) is 9.35. The summed E-state index contributed by atoms with van der Waals surface area (Å²) in [6.45, 7) is 2.94. The molecule has 0 bridgehead atoms. The van der Waals surface area contributed by atoms with Gasteiger partial charge in [-0.05, 0) is 44.0 Å². The third-order valence-corrected chi connectivity index (χ3v) is 5.24. The van der Waals surface area contributed by atoms with Crippen molar-refractivity contribution >= 4 is 17.7 Å². The molecule has 7 heteroatoms. The monoisotopic (exact) mass is 379 g/mol. The largest absolute Gasteiger partial charge is 0.484 e. The summed E-state index contributed by atoms with van der Waals surface area (Å²) < 4.78 is 5.56. The fourth-order valence-corrected chi connectivity index (χ4v) is 3.66. The van der Waals surface area contributed by atoms with Crippen molar-refractivity contribution in [1.82, 2.24) is 14.8 Å². The Hall–Kier alpha value is -3.22. The number of likely N-dealkylation sites (tertiary alicyclic amines) is 1. The number of imide groups is 1. The van der Waals surface area contributed by atoms with Crippen molar-refractivity contribution < 1.29 is 19.1 Å². The summed E-state index contributed by atoms with van der Waals surface area (Å²) in [6.07, 6.45) is 2.63. The van der Waals surface area contributed by atoms with E-state index in [2.05, 4.69) is 4.98 Å². The highest BCUT2D eigenvalue weighted by Crippen LogP contribution is 2.27. The highest BCUT2D eigenvalue weighted by atomic mass is 16.5. The zero-order valence-electron chi connectivity index (χ0n) is 15.6. The summed E-state index contributed by atoms with van der Waals surface area (Å²) in [4.78, 5) is 44.6. The standard InChI is InChI=1S/C21H21N3O4/c1-14-4-6-16(7-5-14)28-13-18(25)23-11-8-15(9-12-23)24-20(26)17-3-2-10-22-19(17)21(24)27/h2-7,10,15H,8-9,11-13H2,1H3. The molecule has 4 rings (SSSR count). The van der Waals surface area contributed by atoms with E-state index in [9.17, 15) is 14.4 Å². The number of rotatable bonds is 4. The Morgan fingerprint density at radius 3 is 2.50 bits per heavy atom. The number of piperidine rings is 1. The van der Waals surface area contributed by atoms with E-state index in [1.165, 1.54) is 11.1 Å². The van der Waals surface area contributed by atoms with Gasteiger partial charge in [-0.1, -0.05) is 17.7 Å². The Morgan fingerprint density at radius 1 is 1.11 bits per heavy atom. The highest BCUT2D eigenvalue weighted by Gasteiger charge is 2.42. The van der Waals surface area contributed by atoms with Gasteiger partial charge >= 0.3 is 0 Å². The van der Waals surface area contributed by atoms with Crippen molar-refractivity contribution in [2.75, 3.05) is 19.7 Å². The molecule has 2 aliphatic heterocycles. The zero-order chi connectivity index (χ0) is 19.7. The molecule has 3 heterocycles. The molecule has 0 N–H and O–H groups in total. The van der Waals surface area contributed by atoms with Gasteiger partial charge < -0.3 is 9.64 Å². The van der Waals surface area contributed by atoms with E-state index in [0.29, 0.717) is 37.2 Å². The molecule has 2 aliphatic rings. The SMILES string of the molecule is Cc1ccc(OCC(=O)N2CCC(N3C(=O)c4cccnc4C3=O)CC2)cc1. The molecule has 3 amide bonds. The van der Waals surface area contributed by atoms with Crippen molar-refractivity contribution in [3.8, 4) is 5.75 Å². The number of fused-ring (bicyclic) bond motifs is 1. The second kappa shape index (κ2) is 7.42. The summed E-state index contributed by atoms with van der Waals surface area (Å²) in [7, 11) is 0. The molecule has 7 nitrogen and oxygen atoms in total. The average Bonchev–Trinajstić information content (AvgIpc) is 2.98. The minimum absolute atomic E-state index is 0.0232. The lowest BCUT2D eigenvalue weighted by atomic mass is 10.0. The van der Waals surface area contributed by atoms with Crippen molar-refractivity contribution in [2.45, 2.75) is 25.8 Å². The quantitative estimate of drug-likeness (QED) is 0.760. The number of benzene rings is 1. The minimum Gasteiger partial charge on any atom is -0.484 e. The average molecular weight is 379 g/mol. The van der Waals surface area contributed by atoms with Crippen LogP contribution < -0.4 is 4.74 Å². The summed E-state index contributed by atoms with van der Waals surface area (Å²) in [5.74, 6) is -0.0657. The molecule has 0 unspecified atom stereocenters. The van der Waals surface area contributed by atoms with E-state index >= 15 is 0 Å². The lowest BCUT2D eigenvalue weighted by Crippen LogP contribution is -2.49. The van der Waals surface area contributed by atoms with E-state index in [1.807, 2.05) is 31.2 Å². The summed E-state index contributed by atoms with van der Waals surface area (Å²) in [5.41, 5.74) is 1.71. The number of nitrogens with zero attached hydrogens (tertiary/aromatic N) is 3. The number of hydrogen-bond acceptors (Lipinski definition) is 5. The first-order chi connectivity index (χ1) is 13.5. The number of ether oxygens (including phenoxy) is 1. The van der Waals surface area contributed by atoms with E-state index in [0.717, 1.165) is 5.56 Å². The van der Waals surface area contributed by atoms with Crippen LogP contribution in [-0.2, 0) is 4.79 Å². The van der Waals surface area contributed by atoms with Crippen LogP contribution in [-0.4, -0.2) is 58.2 Å². The van der Waals surface area contributed by atoms with Gasteiger partial charge in [0.05, 0.1) is 5.56 Å². The van der Waals surface area contributed by atoms with Crippen LogP contribution in [0, 0.1) is 6.92 Å². The van der Waals surface area contributed by atoms with Crippen molar-refractivity contribution in [3.63, 3.8) is 0 Å². The van der Waals surface area contributed by atoms with Gasteiger partial charge in [-0.25, -0.2) is 0 Å². The Bertz CT molecular complexity index is 883. The molecule has 1 fully saturated rings. The van der Waals surface area contributed by atoms with Crippen LogP contribution in [0.5, 0.6) is 5.75 Å². The second-order valence-electron chi connectivity index (χ2n) is 7.09. The van der Waals surface area contributed by atoms with Crippen LogP contribution in [0.2, 0.25) is 0 Å². The Morgan fingerprint density at radius 2 is 1.82 bits per heavy atom. The Labute approximate surface area is 162 Å². The van der Waals surface area contributed by atoms with Gasteiger partial charge in [-0.2, -0.15) is 0 Å². The maximum Gasteiger partial charge on any atom is 0.280 e. The number of carbonyl (C=O) groups is 3. The minimum atomic E-state index is -0.340. The van der Waals surface area contributed by atoms with Gasteiger partial charge in [0, 0.05) is 25.3 Å². The van der Waals surface area contributed by atoms with Crippen LogP contribution >= 0.6 is 0 Å². The molecule has 0 aliphatic carbocycles. The normalized spacial score (nSPS) is 17.0. The van der Waals surface area contributed by atoms with Crippen LogP contribution in [0.25, 0.3) is 0 Å². The Balaban J connectivity index is 1.32. The number of amides is 3. The van der Waals surface area contributed by atoms with Gasteiger partial charge in [0.15, 0.2) is 6.61 Å². The predicted molar refractivity (Wildman–Crippen MR) is 101 cm³/mol. The fourth-order valence-electron chi connectivity index (χ4n) is 3.66. The maximum absolute atomic E-state index is 12.6. The summed E-state index contributed by atoms with van der Waals surface area (Å²) in [6, 6.07) is 10.6. The molecule has 28 heavy (non-hydrogen) atoms. The number of carbonyl (C=O) groups excluding carboxylic acids is 3. The molecular formula is C21H21N3O4. The van der Waals surface area contributed by atoms with Crippen molar-refractivity contribution in [3.05, 3.63) is 59.4 Å². The lowest BCUT2D eigenvalue weighted by molar-refractivity contribution is -0.134. The summed E-state index contributed by atoms with van der Waals surface area (Å²) >= 11 is 0.